The first kappa shape index (κ1) is 15.3. The summed E-state index contributed by atoms with van der Waals surface area (Å²) >= 11 is 3.23. The summed E-state index contributed by atoms with van der Waals surface area (Å²) in [6, 6.07) is 4.21. The summed E-state index contributed by atoms with van der Waals surface area (Å²) in [4.78, 5) is 36.1. The molecule has 0 aliphatic carbocycles. The minimum absolute atomic E-state index is 0.00162. The lowest BCUT2D eigenvalue weighted by atomic mass is 10.2. The van der Waals surface area contributed by atoms with Crippen molar-refractivity contribution in [3.05, 3.63) is 28.2 Å². The first-order valence-electron chi connectivity index (χ1n) is 6.33. The van der Waals surface area contributed by atoms with Gasteiger partial charge in [0.25, 0.3) is 0 Å². The van der Waals surface area contributed by atoms with Gasteiger partial charge in [-0.3, -0.25) is 4.79 Å². The monoisotopic (exact) mass is 355 g/mol. The molecule has 0 bridgehead atoms. The normalized spacial score (nSPS) is 15.1. The van der Waals surface area contributed by atoms with Gasteiger partial charge in [0.1, 0.15) is 0 Å². The number of nitrogens with one attached hydrogen (secondary N) is 2. The maximum Gasteiger partial charge on any atom is 0.337 e. The lowest BCUT2D eigenvalue weighted by Gasteiger charge is -2.21. The largest absolute Gasteiger partial charge is 0.478 e. The number of para-hydroxylation sites is 1. The van der Waals surface area contributed by atoms with Crippen LogP contribution in [-0.2, 0) is 4.79 Å². The van der Waals surface area contributed by atoms with Gasteiger partial charge in [0.2, 0.25) is 5.91 Å². The van der Waals surface area contributed by atoms with E-state index in [2.05, 4.69) is 26.6 Å². The van der Waals surface area contributed by atoms with Crippen LogP contribution >= 0.6 is 15.9 Å². The molecule has 1 aliphatic rings. The summed E-state index contributed by atoms with van der Waals surface area (Å²) in [5, 5.41) is 14.4. The molecule has 0 saturated carbocycles. The summed E-state index contributed by atoms with van der Waals surface area (Å²) in [7, 11) is 0. The predicted molar refractivity (Wildman–Crippen MR) is 79.3 cm³/mol. The number of nitrogens with zero attached hydrogens (tertiary/aromatic N) is 1. The van der Waals surface area contributed by atoms with Crippen LogP contribution in [-0.4, -0.2) is 47.5 Å². The van der Waals surface area contributed by atoms with Gasteiger partial charge in [-0.05, 0) is 28.1 Å². The molecule has 112 valence electrons. The molecular weight excluding hydrogens is 342 g/mol. The van der Waals surface area contributed by atoms with Gasteiger partial charge in [-0.2, -0.15) is 0 Å². The van der Waals surface area contributed by atoms with E-state index in [4.69, 9.17) is 5.11 Å². The molecule has 1 saturated heterocycles. The van der Waals surface area contributed by atoms with Crippen LogP contribution in [0.15, 0.2) is 22.7 Å². The second-order valence-electron chi connectivity index (χ2n) is 4.48. The van der Waals surface area contributed by atoms with Gasteiger partial charge in [0, 0.05) is 30.5 Å². The number of rotatable bonds is 2. The van der Waals surface area contributed by atoms with E-state index >= 15 is 0 Å². The molecule has 3 amide bonds. The minimum atomic E-state index is -1.13. The van der Waals surface area contributed by atoms with Crippen LogP contribution in [0.25, 0.3) is 0 Å². The Morgan fingerprint density at radius 2 is 2.10 bits per heavy atom. The quantitative estimate of drug-likeness (QED) is 0.748. The molecule has 1 fully saturated rings. The van der Waals surface area contributed by atoms with Crippen molar-refractivity contribution in [2.75, 3.05) is 25.0 Å². The summed E-state index contributed by atoms with van der Waals surface area (Å²) in [6.45, 7) is 1.06. The third kappa shape index (κ3) is 3.72. The Labute approximate surface area is 129 Å². The Bertz CT molecular complexity index is 591. The predicted octanol–water partition coefficient (Wildman–Crippen LogP) is 1.50. The smallest absolute Gasteiger partial charge is 0.337 e. The van der Waals surface area contributed by atoms with Crippen molar-refractivity contribution in [3.8, 4) is 0 Å². The molecule has 2 rings (SSSR count). The third-order valence-electron chi connectivity index (χ3n) is 3.08. The molecule has 1 heterocycles. The van der Waals surface area contributed by atoms with Crippen LogP contribution < -0.4 is 10.6 Å². The molecule has 3 N–H and O–H groups in total. The van der Waals surface area contributed by atoms with Crippen molar-refractivity contribution in [1.29, 1.82) is 0 Å². The van der Waals surface area contributed by atoms with E-state index in [1.807, 2.05) is 0 Å². The molecule has 7 nitrogen and oxygen atoms in total. The number of anilines is 1. The Morgan fingerprint density at radius 1 is 1.33 bits per heavy atom. The minimum Gasteiger partial charge on any atom is -0.478 e. The Morgan fingerprint density at radius 3 is 2.81 bits per heavy atom. The fourth-order valence-electron chi connectivity index (χ4n) is 1.99. The van der Waals surface area contributed by atoms with Gasteiger partial charge < -0.3 is 20.6 Å². The molecule has 8 heteroatoms. The van der Waals surface area contributed by atoms with Crippen LogP contribution in [0.3, 0.4) is 0 Å². The second-order valence-corrected chi connectivity index (χ2v) is 5.34. The van der Waals surface area contributed by atoms with E-state index in [0.29, 0.717) is 24.1 Å². The van der Waals surface area contributed by atoms with Crippen LogP contribution in [0.1, 0.15) is 16.8 Å². The maximum atomic E-state index is 12.2. The number of hydrogen-bond acceptors (Lipinski definition) is 3. The van der Waals surface area contributed by atoms with Crippen LogP contribution in [0.4, 0.5) is 10.5 Å². The number of carboxylic acids is 1. The standard InChI is InChI=1S/C13H14BrN3O4/c14-9-3-1-2-8(12(19)20)11(9)16-13(21)17-6-4-10(18)15-5-7-17/h1-3H,4-7H2,(H,15,18)(H,16,21)(H,19,20). The Hall–Kier alpha value is -2.09. The first-order chi connectivity index (χ1) is 9.99. The number of carbonyl (C=O) groups is 3. The molecule has 0 spiro atoms. The molecule has 1 aromatic rings. The van der Waals surface area contributed by atoms with Crippen molar-refractivity contribution in [3.63, 3.8) is 0 Å². The van der Waals surface area contributed by atoms with Crippen molar-refractivity contribution in [2.45, 2.75) is 6.42 Å². The van der Waals surface area contributed by atoms with Crippen LogP contribution in [0.2, 0.25) is 0 Å². The Kier molecular flexibility index (Phi) is 4.79. The van der Waals surface area contributed by atoms with Crippen LogP contribution in [0.5, 0.6) is 0 Å². The first-order valence-corrected chi connectivity index (χ1v) is 7.13. The van der Waals surface area contributed by atoms with E-state index in [0.717, 1.165) is 0 Å². The summed E-state index contributed by atoms with van der Waals surface area (Å²) in [5.74, 6) is -1.23. The third-order valence-corrected chi connectivity index (χ3v) is 3.74. The number of halogens is 1. The number of hydrogen-bond donors (Lipinski definition) is 3. The average Bonchev–Trinajstić information content (AvgIpc) is 2.65. The lowest BCUT2D eigenvalue weighted by molar-refractivity contribution is -0.120. The molecule has 21 heavy (non-hydrogen) atoms. The molecule has 0 unspecified atom stereocenters. The molecule has 1 aromatic carbocycles. The zero-order chi connectivity index (χ0) is 15.4. The van der Waals surface area contributed by atoms with Gasteiger partial charge in [0.05, 0.1) is 11.3 Å². The highest BCUT2D eigenvalue weighted by Gasteiger charge is 2.21. The SMILES string of the molecule is O=C1CCN(C(=O)Nc2c(Br)cccc2C(=O)O)CCN1. The zero-order valence-electron chi connectivity index (χ0n) is 11.1. The van der Waals surface area contributed by atoms with Crippen molar-refractivity contribution >= 4 is 39.5 Å². The highest BCUT2D eigenvalue weighted by atomic mass is 79.9. The summed E-state index contributed by atoms with van der Waals surface area (Å²) in [6.07, 6.45) is 0.231. The maximum absolute atomic E-state index is 12.2. The molecule has 0 atom stereocenters. The topological polar surface area (TPSA) is 98.7 Å². The van der Waals surface area contributed by atoms with E-state index in [1.54, 1.807) is 12.1 Å². The number of aromatic carboxylic acids is 1. The van der Waals surface area contributed by atoms with Crippen LogP contribution in [0, 0.1) is 0 Å². The van der Waals surface area contributed by atoms with Gasteiger partial charge in [-0.25, -0.2) is 9.59 Å². The Balaban J connectivity index is 2.16. The number of carboxylic acid groups (broad SMARTS) is 1. The highest BCUT2D eigenvalue weighted by Crippen LogP contribution is 2.26. The molecule has 0 radical (unpaired) electrons. The molecule has 0 aromatic heterocycles. The van der Waals surface area contributed by atoms with E-state index in [-0.39, 0.29) is 23.6 Å². The number of carbonyl (C=O) groups excluding carboxylic acids is 2. The summed E-state index contributed by atoms with van der Waals surface area (Å²) < 4.78 is 0.486. The van der Waals surface area contributed by atoms with Crippen molar-refractivity contribution < 1.29 is 19.5 Å². The molecular formula is C13H14BrN3O4. The van der Waals surface area contributed by atoms with Gasteiger partial charge in [-0.1, -0.05) is 6.07 Å². The van der Waals surface area contributed by atoms with E-state index < -0.39 is 12.0 Å². The van der Waals surface area contributed by atoms with Gasteiger partial charge >= 0.3 is 12.0 Å². The highest BCUT2D eigenvalue weighted by molar-refractivity contribution is 9.10. The fourth-order valence-corrected chi connectivity index (χ4v) is 2.45. The van der Waals surface area contributed by atoms with E-state index in [9.17, 15) is 14.4 Å². The number of benzene rings is 1. The van der Waals surface area contributed by atoms with Gasteiger partial charge in [-0.15, -0.1) is 0 Å². The molecule has 1 aliphatic heterocycles. The number of urea groups is 1. The summed E-state index contributed by atoms with van der Waals surface area (Å²) in [5.41, 5.74) is 0.209. The van der Waals surface area contributed by atoms with E-state index in [1.165, 1.54) is 11.0 Å². The zero-order valence-corrected chi connectivity index (χ0v) is 12.6. The van der Waals surface area contributed by atoms with Crippen molar-refractivity contribution in [2.24, 2.45) is 0 Å². The number of amides is 3. The lowest BCUT2D eigenvalue weighted by Crippen LogP contribution is -2.37. The average molecular weight is 356 g/mol. The second kappa shape index (κ2) is 6.57. The van der Waals surface area contributed by atoms with Gasteiger partial charge in [0.15, 0.2) is 0 Å². The fraction of sp³-hybridized carbons (Fsp3) is 0.308. The van der Waals surface area contributed by atoms with Crippen molar-refractivity contribution in [1.82, 2.24) is 10.2 Å².